The van der Waals surface area contributed by atoms with Crippen molar-refractivity contribution >= 4 is 5.97 Å². The van der Waals surface area contributed by atoms with E-state index in [1.165, 1.54) is 13.8 Å². The molecule has 1 heterocycles. The standard InChI is InChI=1S/C18H23FO4/c1-17(2,19)12-10-14-15(23-9-5-8-22-14)11-13(12)18(16(20)21)6-3-4-7-18/h10-11H,3-9H2,1-2H3,(H,20,21). The summed E-state index contributed by atoms with van der Waals surface area (Å²) in [5.41, 5.74) is -1.74. The van der Waals surface area contributed by atoms with Crippen LogP contribution in [0.4, 0.5) is 4.39 Å². The number of aliphatic carboxylic acids is 1. The molecule has 1 aliphatic heterocycles. The van der Waals surface area contributed by atoms with E-state index in [4.69, 9.17) is 9.47 Å². The van der Waals surface area contributed by atoms with Gasteiger partial charge in [0.05, 0.1) is 18.6 Å². The molecule has 0 saturated heterocycles. The smallest absolute Gasteiger partial charge is 0.314 e. The van der Waals surface area contributed by atoms with Crippen LogP contribution in [0.25, 0.3) is 0 Å². The minimum atomic E-state index is -1.65. The average Bonchev–Trinajstić information content (AvgIpc) is 2.86. The summed E-state index contributed by atoms with van der Waals surface area (Å²) < 4.78 is 26.2. The summed E-state index contributed by atoms with van der Waals surface area (Å²) in [6.45, 7) is 3.95. The van der Waals surface area contributed by atoms with Crippen molar-refractivity contribution in [2.45, 2.75) is 57.0 Å². The van der Waals surface area contributed by atoms with Gasteiger partial charge in [0.1, 0.15) is 5.67 Å². The van der Waals surface area contributed by atoms with Crippen LogP contribution >= 0.6 is 0 Å². The fourth-order valence-corrected chi connectivity index (χ4v) is 3.67. The third-order valence-corrected chi connectivity index (χ3v) is 4.91. The first kappa shape index (κ1) is 16.1. The number of halogens is 1. The van der Waals surface area contributed by atoms with E-state index in [2.05, 4.69) is 0 Å². The summed E-state index contributed by atoms with van der Waals surface area (Å²) in [4.78, 5) is 12.0. The molecule has 1 aromatic rings. The molecule has 4 nitrogen and oxygen atoms in total. The zero-order valence-corrected chi connectivity index (χ0v) is 13.7. The van der Waals surface area contributed by atoms with E-state index in [0.717, 1.165) is 19.3 Å². The van der Waals surface area contributed by atoms with Crippen molar-refractivity contribution in [1.29, 1.82) is 0 Å². The summed E-state index contributed by atoms with van der Waals surface area (Å²) in [5, 5.41) is 9.87. The molecule has 1 fully saturated rings. The van der Waals surface area contributed by atoms with Gasteiger partial charge in [0, 0.05) is 6.42 Å². The number of rotatable bonds is 3. The molecule has 3 rings (SSSR count). The zero-order chi connectivity index (χ0) is 16.7. The van der Waals surface area contributed by atoms with E-state index in [9.17, 15) is 14.3 Å². The van der Waals surface area contributed by atoms with Gasteiger partial charge in [-0.05, 0) is 49.9 Å². The molecular weight excluding hydrogens is 299 g/mol. The maximum absolute atomic E-state index is 14.9. The third-order valence-electron chi connectivity index (χ3n) is 4.91. The average molecular weight is 322 g/mol. The number of carboxylic acids is 1. The first-order valence-corrected chi connectivity index (χ1v) is 8.21. The van der Waals surface area contributed by atoms with Crippen LogP contribution in [0.5, 0.6) is 11.5 Å². The van der Waals surface area contributed by atoms with Crippen molar-refractivity contribution in [3.63, 3.8) is 0 Å². The van der Waals surface area contributed by atoms with Gasteiger partial charge in [0.25, 0.3) is 0 Å². The van der Waals surface area contributed by atoms with E-state index in [1.807, 2.05) is 0 Å². The monoisotopic (exact) mass is 322 g/mol. The summed E-state index contributed by atoms with van der Waals surface area (Å²) in [6.07, 6.45) is 3.50. The summed E-state index contributed by atoms with van der Waals surface area (Å²) in [7, 11) is 0. The highest BCUT2D eigenvalue weighted by atomic mass is 19.1. The van der Waals surface area contributed by atoms with Gasteiger partial charge in [-0.25, -0.2) is 4.39 Å². The fraction of sp³-hybridized carbons (Fsp3) is 0.611. The van der Waals surface area contributed by atoms with Gasteiger partial charge in [-0.1, -0.05) is 12.8 Å². The van der Waals surface area contributed by atoms with Crippen molar-refractivity contribution in [3.8, 4) is 11.5 Å². The molecule has 0 amide bonds. The summed E-state index contributed by atoms with van der Waals surface area (Å²) in [5.74, 6) is 0.151. The van der Waals surface area contributed by atoms with Crippen LogP contribution in [0.2, 0.25) is 0 Å². The molecule has 0 aromatic heterocycles. The number of hydrogen-bond donors (Lipinski definition) is 1. The number of carbonyl (C=O) groups is 1. The molecule has 0 atom stereocenters. The third kappa shape index (κ3) is 2.77. The van der Waals surface area contributed by atoms with Crippen LogP contribution in [0.1, 0.15) is 57.1 Å². The van der Waals surface area contributed by atoms with Crippen LogP contribution in [0.15, 0.2) is 12.1 Å². The highest BCUT2D eigenvalue weighted by molar-refractivity contribution is 5.83. The van der Waals surface area contributed by atoms with Gasteiger partial charge < -0.3 is 14.6 Å². The van der Waals surface area contributed by atoms with Crippen molar-refractivity contribution < 1.29 is 23.8 Å². The maximum Gasteiger partial charge on any atom is 0.314 e. The highest BCUT2D eigenvalue weighted by Gasteiger charge is 2.46. The van der Waals surface area contributed by atoms with Crippen LogP contribution < -0.4 is 9.47 Å². The Morgan fingerprint density at radius 3 is 2.22 bits per heavy atom. The molecule has 0 spiro atoms. The Balaban J connectivity index is 2.21. The zero-order valence-electron chi connectivity index (χ0n) is 13.7. The Kier molecular flexibility index (Phi) is 3.98. The van der Waals surface area contributed by atoms with Gasteiger partial charge in [-0.2, -0.15) is 0 Å². The Morgan fingerprint density at radius 1 is 1.13 bits per heavy atom. The molecule has 1 N–H and O–H groups in total. The summed E-state index contributed by atoms with van der Waals surface area (Å²) >= 11 is 0. The largest absolute Gasteiger partial charge is 0.490 e. The van der Waals surface area contributed by atoms with Crippen LogP contribution in [0.3, 0.4) is 0 Å². The molecule has 1 aromatic carbocycles. The predicted molar refractivity (Wildman–Crippen MR) is 84.0 cm³/mol. The number of hydrogen-bond acceptors (Lipinski definition) is 3. The van der Waals surface area contributed by atoms with E-state index < -0.39 is 17.1 Å². The first-order valence-electron chi connectivity index (χ1n) is 8.21. The number of carboxylic acid groups (broad SMARTS) is 1. The predicted octanol–water partition coefficient (Wildman–Crippen LogP) is 3.95. The summed E-state index contributed by atoms with van der Waals surface area (Å²) in [6, 6.07) is 3.34. The maximum atomic E-state index is 14.9. The van der Waals surface area contributed by atoms with E-state index in [-0.39, 0.29) is 0 Å². The van der Waals surface area contributed by atoms with Crippen LogP contribution in [0, 0.1) is 0 Å². The number of benzene rings is 1. The second kappa shape index (κ2) is 5.69. The number of alkyl halides is 1. The van der Waals surface area contributed by atoms with Gasteiger partial charge in [-0.3, -0.25) is 4.79 Å². The topological polar surface area (TPSA) is 55.8 Å². The molecule has 1 aliphatic carbocycles. The minimum absolute atomic E-state index is 0.394. The highest BCUT2D eigenvalue weighted by Crippen LogP contribution is 2.49. The molecule has 2 aliphatic rings. The Morgan fingerprint density at radius 2 is 1.70 bits per heavy atom. The first-order chi connectivity index (χ1) is 10.8. The van der Waals surface area contributed by atoms with Crippen molar-refractivity contribution in [1.82, 2.24) is 0 Å². The van der Waals surface area contributed by atoms with Gasteiger partial charge in [-0.15, -0.1) is 0 Å². The molecule has 0 radical (unpaired) electrons. The van der Waals surface area contributed by atoms with E-state index in [0.29, 0.717) is 48.7 Å². The molecule has 5 heteroatoms. The lowest BCUT2D eigenvalue weighted by atomic mass is 9.74. The lowest BCUT2D eigenvalue weighted by Gasteiger charge is -2.31. The van der Waals surface area contributed by atoms with Gasteiger partial charge in [0.2, 0.25) is 0 Å². The van der Waals surface area contributed by atoms with Crippen molar-refractivity contribution in [3.05, 3.63) is 23.3 Å². The van der Waals surface area contributed by atoms with Crippen LogP contribution in [-0.4, -0.2) is 24.3 Å². The SMILES string of the molecule is CC(C)(F)c1cc2c(cc1C1(C(=O)O)CCCC1)OCCCO2. The second-order valence-electron chi connectivity index (χ2n) is 6.96. The lowest BCUT2D eigenvalue weighted by molar-refractivity contribution is -0.143. The van der Waals surface area contributed by atoms with Gasteiger partial charge >= 0.3 is 5.97 Å². The molecule has 23 heavy (non-hydrogen) atoms. The Hall–Kier alpha value is -1.78. The molecular formula is C18H23FO4. The molecule has 0 unspecified atom stereocenters. The number of ether oxygens (including phenoxy) is 2. The second-order valence-corrected chi connectivity index (χ2v) is 6.96. The number of fused-ring (bicyclic) bond motifs is 1. The van der Waals surface area contributed by atoms with E-state index in [1.54, 1.807) is 12.1 Å². The van der Waals surface area contributed by atoms with E-state index >= 15 is 0 Å². The fourth-order valence-electron chi connectivity index (χ4n) is 3.67. The minimum Gasteiger partial charge on any atom is -0.490 e. The van der Waals surface area contributed by atoms with Crippen LogP contribution in [-0.2, 0) is 15.9 Å². The normalized spacial score (nSPS) is 20.1. The molecule has 0 bridgehead atoms. The van der Waals surface area contributed by atoms with Gasteiger partial charge in [0.15, 0.2) is 11.5 Å². The molecule has 126 valence electrons. The quantitative estimate of drug-likeness (QED) is 0.915. The van der Waals surface area contributed by atoms with Crippen molar-refractivity contribution in [2.24, 2.45) is 0 Å². The van der Waals surface area contributed by atoms with Crippen molar-refractivity contribution in [2.75, 3.05) is 13.2 Å². The Bertz CT molecular complexity index is 612. The molecule has 1 saturated carbocycles. The Labute approximate surface area is 135 Å². The lowest BCUT2D eigenvalue weighted by Crippen LogP contribution is -2.35.